The zero-order valence-corrected chi connectivity index (χ0v) is 13.1. The summed E-state index contributed by atoms with van der Waals surface area (Å²) in [5.74, 6) is -0.856. The Hall–Kier alpha value is -1.66. The molecular weight excluding hydrogens is 288 g/mol. The van der Waals surface area contributed by atoms with Crippen molar-refractivity contribution in [3.63, 3.8) is 0 Å². The van der Waals surface area contributed by atoms with Gasteiger partial charge in [-0.2, -0.15) is 0 Å². The van der Waals surface area contributed by atoms with Gasteiger partial charge in [0.15, 0.2) is 0 Å². The maximum atomic E-state index is 10.7. The summed E-state index contributed by atoms with van der Waals surface area (Å²) in [5, 5.41) is 0. The Morgan fingerprint density at radius 3 is 1.41 bits per heavy atom. The van der Waals surface area contributed by atoms with E-state index in [0.29, 0.717) is 26.4 Å². The summed E-state index contributed by atoms with van der Waals surface area (Å²) in [6, 6.07) is 0. The molecule has 0 aromatic carbocycles. The number of unbranched alkanes of at least 4 members (excludes halogenated alkanes) is 3. The molecule has 0 saturated carbocycles. The predicted molar refractivity (Wildman–Crippen MR) is 82.4 cm³/mol. The molecule has 0 N–H and O–H groups in total. The second-order valence-electron chi connectivity index (χ2n) is 4.38. The lowest BCUT2D eigenvalue weighted by molar-refractivity contribution is -0.140. The first-order chi connectivity index (χ1) is 10.7. The standard InChI is InChI=1S/C16H26O6/c1-3-15(17)21-13-11-19-9-7-5-6-8-10-20-12-14-22-16(18)4-2/h3-4H,1-2,5-14H2. The van der Waals surface area contributed by atoms with E-state index in [1.54, 1.807) is 0 Å². The highest BCUT2D eigenvalue weighted by atomic mass is 16.6. The maximum Gasteiger partial charge on any atom is 0.330 e. The Bertz CT molecular complexity index is 295. The van der Waals surface area contributed by atoms with Crippen LogP contribution in [0.1, 0.15) is 25.7 Å². The molecule has 0 aromatic heterocycles. The van der Waals surface area contributed by atoms with Gasteiger partial charge in [0.1, 0.15) is 13.2 Å². The highest BCUT2D eigenvalue weighted by Crippen LogP contribution is 2.00. The quantitative estimate of drug-likeness (QED) is 0.262. The SMILES string of the molecule is C=CC(=O)OCCOCCCCCCOCCOC(=O)C=C. The first-order valence-electron chi connectivity index (χ1n) is 7.44. The van der Waals surface area contributed by atoms with E-state index in [1.807, 2.05) is 0 Å². The van der Waals surface area contributed by atoms with Gasteiger partial charge in [0.05, 0.1) is 13.2 Å². The van der Waals surface area contributed by atoms with Gasteiger partial charge in [0.2, 0.25) is 0 Å². The van der Waals surface area contributed by atoms with Crippen LogP contribution in [0.15, 0.2) is 25.3 Å². The molecule has 0 amide bonds. The van der Waals surface area contributed by atoms with Crippen LogP contribution in [0.3, 0.4) is 0 Å². The Morgan fingerprint density at radius 2 is 1.05 bits per heavy atom. The van der Waals surface area contributed by atoms with Gasteiger partial charge < -0.3 is 18.9 Å². The molecule has 0 aliphatic heterocycles. The average molecular weight is 314 g/mol. The van der Waals surface area contributed by atoms with Crippen LogP contribution in [-0.2, 0) is 28.5 Å². The van der Waals surface area contributed by atoms with E-state index in [-0.39, 0.29) is 13.2 Å². The molecule has 0 fully saturated rings. The smallest absolute Gasteiger partial charge is 0.330 e. The normalized spacial score (nSPS) is 10.0. The Morgan fingerprint density at radius 1 is 0.636 bits per heavy atom. The molecule has 0 unspecified atom stereocenters. The van der Waals surface area contributed by atoms with E-state index in [0.717, 1.165) is 37.8 Å². The highest BCUT2D eigenvalue weighted by molar-refractivity contribution is 5.81. The third-order valence-electron chi connectivity index (χ3n) is 2.60. The first-order valence-corrected chi connectivity index (χ1v) is 7.44. The fourth-order valence-electron chi connectivity index (χ4n) is 1.49. The van der Waals surface area contributed by atoms with Crippen molar-refractivity contribution in [1.29, 1.82) is 0 Å². The molecule has 22 heavy (non-hydrogen) atoms. The van der Waals surface area contributed by atoms with Gasteiger partial charge >= 0.3 is 11.9 Å². The molecule has 6 nitrogen and oxygen atoms in total. The lowest BCUT2D eigenvalue weighted by atomic mass is 10.2. The molecule has 0 aliphatic carbocycles. The number of hydrogen-bond acceptors (Lipinski definition) is 6. The lowest BCUT2D eigenvalue weighted by Gasteiger charge is -2.06. The molecule has 0 radical (unpaired) electrons. The Labute approximate surface area is 132 Å². The molecule has 0 aromatic rings. The van der Waals surface area contributed by atoms with Gasteiger partial charge in [-0.3, -0.25) is 0 Å². The monoisotopic (exact) mass is 314 g/mol. The van der Waals surface area contributed by atoms with Gasteiger partial charge in [-0.15, -0.1) is 0 Å². The molecule has 0 aliphatic rings. The van der Waals surface area contributed by atoms with E-state index in [2.05, 4.69) is 13.2 Å². The van der Waals surface area contributed by atoms with E-state index >= 15 is 0 Å². The number of carbonyl (C=O) groups is 2. The van der Waals surface area contributed by atoms with Crippen molar-refractivity contribution in [1.82, 2.24) is 0 Å². The summed E-state index contributed by atoms with van der Waals surface area (Å²) in [7, 11) is 0. The van der Waals surface area contributed by atoms with Crippen LogP contribution in [0.4, 0.5) is 0 Å². The maximum absolute atomic E-state index is 10.7. The topological polar surface area (TPSA) is 71.1 Å². The second-order valence-corrected chi connectivity index (χ2v) is 4.38. The van der Waals surface area contributed by atoms with Gasteiger partial charge in [0, 0.05) is 25.4 Å². The van der Waals surface area contributed by atoms with Gasteiger partial charge in [-0.25, -0.2) is 9.59 Å². The van der Waals surface area contributed by atoms with Gasteiger partial charge in [-0.1, -0.05) is 26.0 Å². The molecule has 6 heteroatoms. The lowest BCUT2D eigenvalue weighted by Crippen LogP contribution is -2.09. The van der Waals surface area contributed by atoms with Crippen molar-refractivity contribution in [3.8, 4) is 0 Å². The minimum absolute atomic E-state index is 0.259. The molecule has 0 saturated heterocycles. The van der Waals surface area contributed by atoms with E-state index in [1.165, 1.54) is 0 Å². The second kappa shape index (κ2) is 15.7. The van der Waals surface area contributed by atoms with Crippen LogP contribution in [0.2, 0.25) is 0 Å². The summed E-state index contributed by atoms with van der Waals surface area (Å²) in [6.07, 6.45) is 6.30. The molecule has 0 atom stereocenters. The Kier molecular flexibility index (Phi) is 14.5. The van der Waals surface area contributed by atoms with E-state index < -0.39 is 11.9 Å². The highest BCUT2D eigenvalue weighted by Gasteiger charge is 1.97. The molecule has 0 rings (SSSR count). The molecule has 0 heterocycles. The van der Waals surface area contributed by atoms with Crippen molar-refractivity contribution in [3.05, 3.63) is 25.3 Å². The largest absolute Gasteiger partial charge is 0.460 e. The van der Waals surface area contributed by atoms with E-state index in [9.17, 15) is 9.59 Å². The van der Waals surface area contributed by atoms with Crippen molar-refractivity contribution in [2.45, 2.75) is 25.7 Å². The summed E-state index contributed by atoms with van der Waals surface area (Å²) >= 11 is 0. The van der Waals surface area contributed by atoms with Crippen molar-refractivity contribution in [2.75, 3.05) is 39.6 Å². The number of carbonyl (C=O) groups excluding carboxylic acids is 2. The molecular formula is C16H26O6. The number of ether oxygens (including phenoxy) is 4. The van der Waals surface area contributed by atoms with Crippen molar-refractivity contribution >= 4 is 11.9 Å². The minimum Gasteiger partial charge on any atom is -0.460 e. The molecule has 0 spiro atoms. The third-order valence-corrected chi connectivity index (χ3v) is 2.60. The average Bonchev–Trinajstić information content (AvgIpc) is 2.54. The first kappa shape index (κ1) is 20.3. The number of hydrogen-bond donors (Lipinski definition) is 0. The summed E-state index contributed by atoms with van der Waals surface area (Å²) < 4.78 is 20.2. The zero-order chi connectivity index (χ0) is 16.5. The Balaban J connectivity index is 3.08. The summed E-state index contributed by atoms with van der Waals surface area (Å²) in [5.41, 5.74) is 0. The number of esters is 2. The van der Waals surface area contributed by atoms with Crippen molar-refractivity contribution in [2.24, 2.45) is 0 Å². The third kappa shape index (κ3) is 14.7. The van der Waals surface area contributed by atoms with Crippen LogP contribution < -0.4 is 0 Å². The predicted octanol–water partition coefficient (Wildman–Crippen LogP) is 2.04. The van der Waals surface area contributed by atoms with Crippen LogP contribution in [0.5, 0.6) is 0 Å². The molecule has 126 valence electrons. The molecule has 0 bridgehead atoms. The van der Waals surface area contributed by atoms with Crippen molar-refractivity contribution < 1.29 is 28.5 Å². The van der Waals surface area contributed by atoms with Gasteiger partial charge in [-0.05, 0) is 12.8 Å². The van der Waals surface area contributed by atoms with Crippen LogP contribution in [-0.4, -0.2) is 51.6 Å². The van der Waals surface area contributed by atoms with Crippen LogP contribution in [0.25, 0.3) is 0 Å². The number of rotatable bonds is 15. The summed E-state index contributed by atoms with van der Waals surface area (Å²) in [4.78, 5) is 21.5. The summed E-state index contributed by atoms with van der Waals surface area (Å²) in [6.45, 7) is 9.25. The zero-order valence-electron chi connectivity index (χ0n) is 13.1. The van der Waals surface area contributed by atoms with Crippen LogP contribution in [0, 0.1) is 0 Å². The van der Waals surface area contributed by atoms with Gasteiger partial charge in [0.25, 0.3) is 0 Å². The fourth-order valence-corrected chi connectivity index (χ4v) is 1.49. The van der Waals surface area contributed by atoms with Crippen LogP contribution >= 0.6 is 0 Å². The van der Waals surface area contributed by atoms with E-state index in [4.69, 9.17) is 18.9 Å². The fraction of sp³-hybridized carbons (Fsp3) is 0.625. The minimum atomic E-state index is -0.428.